The number of hydrogen-bond donors (Lipinski definition) is 2. The molecule has 0 radical (unpaired) electrons. The largest absolute Gasteiger partial charge is 0.508 e. The minimum absolute atomic E-state index is 0.0372. The number of hydrogen-bond acceptors (Lipinski definition) is 4. The van der Waals surface area contributed by atoms with Crippen molar-refractivity contribution in [1.29, 1.82) is 0 Å². The quantitative estimate of drug-likeness (QED) is 0.838. The van der Waals surface area contributed by atoms with Gasteiger partial charge in [0.2, 0.25) is 5.91 Å². The summed E-state index contributed by atoms with van der Waals surface area (Å²) in [4.78, 5) is 16.5. The van der Waals surface area contributed by atoms with E-state index in [-0.39, 0.29) is 17.7 Å². The van der Waals surface area contributed by atoms with E-state index in [0.717, 1.165) is 51.3 Å². The van der Waals surface area contributed by atoms with Crippen LogP contribution in [0.1, 0.15) is 12.8 Å². The highest BCUT2D eigenvalue weighted by Gasteiger charge is 2.29. The molecule has 0 spiro atoms. The number of nitrogens with zero attached hydrogens (tertiary/aromatic N) is 2. The molecule has 0 bridgehead atoms. The molecule has 108 valence electrons. The number of piperazine rings is 1. The van der Waals surface area contributed by atoms with Crippen molar-refractivity contribution in [2.75, 3.05) is 37.6 Å². The molecule has 2 saturated heterocycles. The van der Waals surface area contributed by atoms with E-state index in [0.29, 0.717) is 0 Å². The summed E-state index contributed by atoms with van der Waals surface area (Å²) in [5.41, 5.74) is 1.11. The summed E-state index contributed by atoms with van der Waals surface area (Å²) < 4.78 is 0. The molecule has 0 saturated carbocycles. The van der Waals surface area contributed by atoms with Gasteiger partial charge in [-0.15, -0.1) is 0 Å². The highest BCUT2D eigenvalue weighted by atomic mass is 16.3. The molecule has 3 rings (SSSR count). The average molecular weight is 275 g/mol. The van der Waals surface area contributed by atoms with E-state index < -0.39 is 0 Å². The number of carbonyl (C=O) groups excluding carboxylic acids is 1. The van der Waals surface area contributed by atoms with Crippen LogP contribution < -0.4 is 10.2 Å². The molecule has 2 aliphatic heterocycles. The van der Waals surface area contributed by atoms with Gasteiger partial charge in [0, 0.05) is 31.9 Å². The Hall–Kier alpha value is -1.75. The molecule has 2 heterocycles. The summed E-state index contributed by atoms with van der Waals surface area (Å²) in [6.45, 7) is 4.21. The summed E-state index contributed by atoms with van der Waals surface area (Å²) in [6, 6.07) is 7.29. The molecule has 1 aromatic carbocycles. The van der Waals surface area contributed by atoms with Crippen LogP contribution in [0.3, 0.4) is 0 Å². The number of benzene rings is 1. The molecule has 0 aliphatic carbocycles. The number of phenols is 1. The first kappa shape index (κ1) is 13.2. The van der Waals surface area contributed by atoms with E-state index in [1.54, 1.807) is 12.1 Å². The van der Waals surface area contributed by atoms with Gasteiger partial charge in [-0.2, -0.15) is 0 Å². The van der Waals surface area contributed by atoms with E-state index in [1.807, 2.05) is 17.0 Å². The van der Waals surface area contributed by atoms with Crippen LogP contribution in [0.4, 0.5) is 5.69 Å². The fourth-order valence-electron chi connectivity index (χ4n) is 2.96. The standard InChI is InChI=1S/C15H21N3O2/c19-13-5-3-12(4-6-13)17-8-10-18(11-9-17)15(20)14-2-1-7-16-14/h3-6,14,16,19H,1-2,7-11H2/t14-/m0/s1. The Morgan fingerprint density at radius 3 is 2.45 bits per heavy atom. The number of carbonyl (C=O) groups is 1. The second-order valence-electron chi connectivity index (χ2n) is 5.48. The van der Waals surface area contributed by atoms with Crippen LogP contribution in [0, 0.1) is 0 Å². The highest BCUT2D eigenvalue weighted by molar-refractivity contribution is 5.82. The van der Waals surface area contributed by atoms with Crippen LogP contribution in [-0.2, 0) is 4.79 Å². The van der Waals surface area contributed by atoms with Crippen LogP contribution in [0.2, 0.25) is 0 Å². The Labute approximate surface area is 119 Å². The molecule has 1 aromatic rings. The molecule has 0 unspecified atom stereocenters. The number of nitrogens with one attached hydrogen (secondary N) is 1. The Balaban J connectivity index is 1.56. The lowest BCUT2D eigenvalue weighted by Crippen LogP contribution is -2.53. The lowest BCUT2D eigenvalue weighted by molar-refractivity contribution is -0.133. The topological polar surface area (TPSA) is 55.8 Å². The zero-order valence-electron chi connectivity index (χ0n) is 11.6. The van der Waals surface area contributed by atoms with E-state index >= 15 is 0 Å². The smallest absolute Gasteiger partial charge is 0.239 e. The minimum atomic E-state index is 0.0372. The first-order valence-corrected chi connectivity index (χ1v) is 7.30. The summed E-state index contributed by atoms with van der Waals surface area (Å²) in [5.74, 6) is 0.544. The molecule has 1 amide bonds. The SMILES string of the molecule is O=C([C@@H]1CCCN1)N1CCN(c2ccc(O)cc2)CC1. The Kier molecular flexibility index (Phi) is 3.78. The summed E-state index contributed by atoms with van der Waals surface area (Å²) >= 11 is 0. The van der Waals surface area contributed by atoms with Gasteiger partial charge in [-0.25, -0.2) is 0 Å². The van der Waals surface area contributed by atoms with Crippen LogP contribution in [0.15, 0.2) is 24.3 Å². The van der Waals surface area contributed by atoms with Gasteiger partial charge in [0.15, 0.2) is 0 Å². The third kappa shape index (κ3) is 2.72. The van der Waals surface area contributed by atoms with Gasteiger partial charge < -0.3 is 20.2 Å². The molecule has 2 N–H and O–H groups in total. The van der Waals surface area contributed by atoms with Crippen molar-refractivity contribution in [2.24, 2.45) is 0 Å². The third-order valence-electron chi connectivity index (χ3n) is 4.16. The minimum Gasteiger partial charge on any atom is -0.508 e. The zero-order chi connectivity index (χ0) is 13.9. The van der Waals surface area contributed by atoms with Gasteiger partial charge in [0.1, 0.15) is 5.75 Å². The number of anilines is 1. The highest BCUT2D eigenvalue weighted by Crippen LogP contribution is 2.20. The van der Waals surface area contributed by atoms with E-state index in [9.17, 15) is 9.90 Å². The second-order valence-corrected chi connectivity index (χ2v) is 5.48. The fraction of sp³-hybridized carbons (Fsp3) is 0.533. The van der Waals surface area contributed by atoms with Crippen molar-refractivity contribution in [3.63, 3.8) is 0 Å². The average Bonchev–Trinajstić information content (AvgIpc) is 3.02. The maximum absolute atomic E-state index is 12.3. The van der Waals surface area contributed by atoms with Gasteiger partial charge in [-0.1, -0.05) is 0 Å². The number of amides is 1. The normalized spacial score (nSPS) is 23.1. The van der Waals surface area contributed by atoms with Crippen LogP contribution in [0.25, 0.3) is 0 Å². The Morgan fingerprint density at radius 1 is 1.15 bits per heavy atom. The Bertz CT molecular complexity index is 461. The predicted molar refractivity (Wildman–Crippen MR) is 77.9 cm³/mol. The van der Waals surface area contributed by atoms with Crippen LogP contribution in [0.5, 0.6) is 5.75 Å². The van der Waals surface area contributed by atoms with Crippen LogP contribution >= 0.6 is 0 Å². The molecule has 2 aliphatic rings. The molecular formula is C15H21N3O2. The summed E-state index contributed by atoms with van der Waals surface area (Å²) in [5, 5.41) is 12.6. The number of rotatable bonds is 2. The van der Waals surface area contributed by atoms with Gasteiger partial charge in [-0.3, -0.25) is 4.79 Å². The molecular weight excluding hydrogens is 254 g/mol. The third-order valence-corrected chi connectivity index (χ3v) is 4.16. The van der Waals surface area contributed by atoms with Gasteiger partial charge in [0.05, 0.1) is 6.04 Å². The maximum Gasteiger partial charge on any atom is 0.239 e. The van der Waals surface area contributed by atoms with Crippen molar-refractivity contribution in [1.82, 2.24) is 10.2 Å². The summed E-state index contributed by atoms with van der Waals surface area (Å²) in [7, 11) is 0. The van der Waals surface area contributed by atoms with Crippen LogP contribution in [-0.4, -0.2) is 54.7 Å². The van der Waals surface area contributed by atoms with Gasteiger partial charge >= 0.3 is 0 Å². The lowest BCUT2D eigenvalue weighted by Gasteiger charge is -2.37. The van der Waals surface area contributed by atoms with Crippen molar-refractivity contribution in [3.8, 4) is 5.75 Å². The maximum atomic E-state index is 12.3. The van der Waals surface area contributed by atoms with E-state index in [4.69, 9.17) is 0 Å². The predicted octanol–water partition coefficient (Wildman–Crippen LogP) is 0.793. The Morgan fingerprint density at radius 2 is 1.85 bits per heavy atom. The first-order valence-electron chi connectivity index (χ1n) is 7.30. The van der Waals surface area contributed by atoms with Crippen molar-refractivity contribution in [2.45, 2.75) is 18.9 Å². The van der Waals surface area contributed by atoms with Crippen molar-refractivity contribution < 1.29 is 9.90 Å². The second kappa shape index (κ2) is 5.71. The molecule has 1 atom stereocenters. The van der Waals surface area contributed by atoms with Crippen molar-refractivity contribution >= 4 is 11.6 Å². The molecule has 2 fully saturated rings. The van der Waals surface area contributed by atoms with E-state index in [2.05, 4.69) is 10.2 Å². The molecule has 5 nitrogen and oxygen atoms in total. The van der Waals surface area contributed by atoms with Gasteiger partial charge in [0.25, 0.3) is 0 Å². The van der Waals surface area contributed by atoms with Gasteiger partial charge in [-0.05, 0) is 43.7 Å². The number of aromatic hydroxyl groups is 1. The lowest BCUT2D eigenvalue weighted by atomic mass is 10.1. The molecule has 0 aromatic heterocycles. The summed E-state index contributed by atoms with van der Waals surface area (Å²) in [6.07, 6.45) is 2.07. The number of phenolic OH excluding ortho intramolecular Hbond substituents is 1. The zero-order valence-corrected chi connectivity index (χ0v) is 11.6. The molecule has 20 heavy (non-hydrogen) atoms. The first-order chi connectivity index (χ1) is 9.74. The van der Waals surface area contributed by atoms with Crippen molar-refractivity contribution in [3.05, 3.63) is 24.3 Å². The fourth-order valence-corrected chi connectivity index (χ4v) is 2.96. The monoisotopic (exact) mass is 275 g/mol. The molecule has 5 heteroatoms. The van der Waals surface area contributed by atoms with E-state index in [1.165, 1.54) is 0 Å².